The zero-order valence-electron chi connectivity index (χ0n) is 8.27. The minimum atomic E-state index is 0.778. The van der Waals surface area contributed by atoms with Gasteiger partial charge in [0.15, 0.2) is 0 Å². The maximum Gasteiger partial charge on any atom is -0.0112 e. The summed E-state index contributed by atoms with van der Waals surface area (Å²) in [6.07, 6.45) is 0. The van der Waals surface area contributed by atoms with Crippen LogP contribution in [0.1, 0.15) is 0 Å². The van der Waals surface area contributed by atoms with Crippen molar-refractivity contribution in [3.63, 3.8) is 0 Å². The zero-order chi connectivity index (χ0) is 10.7. The molecule has 2 aromatic rings. The smallest absolute Gasteiger partial charge is 0.0112 e. The van der Waals surface area contributed by atoms with Crippen LogP contribution in [0.3, 0.4) is 0 Å². The molecule has 0 bridgehead atoms. The highest BCUT2D eigenvalue weighted by molar-refractivity contribution is 8.06. The SMILES string of the molecule is PPc1cccc(-c2ccccc2P)c1. The Hall–Kier alpha value is -0.270. The van der Waals surface area contributed by atoms with Crippen LogP contribution in [-0.4, -0.2) is 0 Å². The topological polar surface area (TPSA) is 0 Å². The Balaban J connectivity index is 2.49. The molecule has 0 saturated heterocycles. The van der Waals surface area contributed by atoms with Gasteiger partial charge in [-0.2, -0.15) is 0 Å². The van der Waals surface area contributed by atoms with E-state index in [1.807, 2.05) is 0 Å². The van der Waals surface area contributed by atoms with Crippen molar-refractivity contribution in [2.45, 2.75) is 0 Å². The molecule has 0 spiro atoms. The molecule has 3 heteroatoms. The summed E-state index contributed by atoms with van der Waals surface area (Å²) in [7, 11) is 6.35. The van der Waals surface area contributed by atoms with Gasteiger partial charge in [-0.25, -0.2) is 0 Å². The van der Waals surface area contributed by atoms with E-state index < -0.39 is 0 Å². The van der Waals surface area contributed by atoms with Gasteiger partial charge in [0.05, 0.1) is 0 Å². The molecular weight excluding hydrogens is 237 g/mol. The van der Waals surface area contributed by atoms with Crippen LogP contribution in [-0.2, 0) is 0 Å². The normalized spacial score (nSPS) is 11.1. The van der Waals surface area contributed by atoms with Gasteiger partial charge in [-0.3, -0.25) is 0 Å². The van der Waals surface area contributed by atoms with Gasteiger partial charge in [-0.15, -0.1) is 18.2 Å². The van der Waals surface area contributed by atoms with E-state index in [2.05, 4.69) is 66.7 Å². The Bertz CT molecular complexity index is 466. The third-order valence-electron chi connectivity index (χ3n) is 2.30. The largest absolute Gasteiger partial charge is 0.110 e. The third-order valence-corrected chi connectivity index (χ3v) is 4.45. The highest BCUT2D eigenvalue weighted by Gasteiger charge is 2.00. The van der Waals surface area contributed by atoms with E-state index in [1.54, 1.807) is 0 Å². The molecule has 0 saturated carbocycles. The Kier molecular flexibility index (Phi) is 3.87. The first-order valence-electron chi connectivity index (χ1n) is 4.73. The van der Waals surface area contributed by atoms with E-state index in [4.69, 9.17) is 0 Å². The van der Waals surface area contributed by atoms with E-state index in [9.17, 15) is 0 Å². The highest BCUT2D eigenvalue weighted by atomic mass is 32.0. The summed E-state index contributed by atoms with van der Waals surface area (Å²) in [5, 5.41) is 2.63. The summed E-state index contributed by atoms with van der Waals surface area (Å²) in [4.78, 5) is 0. The summed E-state index contributed by atoms with van der Waals surface area (Å²) in [6, 6.07) is 17.1. The van der Waals surface area contributed by atoms with Gasteiger partial charge < -0.3 is 0 Å². The Morgan fingerprint density at radius 2 is 1.73 bits per heavy atom. The van der Waals surface area contributed by atoms with E-state index in [0.717, 1.165) is 8.27 Å². The van der Waals surface area contributed by atoms with Gasteiger partial charge in [-0.1, -0.05) is 50.7 Å². The van der Waals surface area contributed by atoms with Crippen LogP contribution in [0.2, 0.25) is 0 Å². The van der Waals surface area contributed by atoms with Crippen molar-refractivity contribution < 1.29 is 0 Å². The molecule has 0 nitrogen and oxygen atoms in total. The highest BCUT2D eigenvalue weighted by Crippen LogP contribution is 2.23. The molecule has 2 aromatic carbocycles. The molecule has 76 valence electrons. The van der Waals surface area contributed by atoms with E-state index >= 15 is 0 Å². The Morgan fingerprint density at radius 1 is 0.933 bits per heavy atom. The lowest BCUT2D eigenvalue weighted by atomic mass is 10.1. The molecule has 0 aliphatic carbocycles. The van der Waals surface area contributed by atoms with Gasteiger partial charge in [0.2, 0.25) is 0 Å². The summed E-state index contributed by atoms with van der Waals surface area (Å²) in [5.74, 6) is 0. The van der Waals surface area contributed by atoms with Crippen molar-refractivity contribution in [2.75, 3.05) is 0 Å². The van der Waals surface area contributed by atoms with Crippen molar-refractivity contribution in [2.24, 2.45) is 0 Å². The fourth-order valence-electron chi connectivity index (χ4n) is 1.54. The quantitative estimate of drug-likeness (QED) is 0.719. The first kappa shape index (κ1) is 11.2. The molecule has 0 aromatic heterocycles. The van der Waals surface area contributed by atoms with Crippen molar-refractivity contribution in [3.8, 4) is 11.1 Å². The fraction of sp³-hybridized carbons (Fsp3) is 0. The van der Waals surface area contributed by atoms with Crippen molar-refractivity contribution >= 4 is 37.0 Å². The predicted molar refractivity (Wildman–Crippen MR) is 78.9 cm³/mol. The van der Waals surface area contributed by atoms with E-state index in [1.165, 1.54) is 21.7 Å². The van der Waals surface area contributed by atoms with E-state index in [-0.39, 0.29) is 0 Å². The van der Waals surface area contributed by atoms with Crippen LogP contribution in [0.5, 0.6) is 0 Å². The molecule has 0 amide bonds. The van der Waals surface area contributed by atoms with Crippen LogP contribution in [0.15, 0.2) is 48.5 Å². The van der Waals surface area contributed by atoms with Crippen molar-refractivity contribution in [1.29, 1.82) is 0 Å². The molecule has 3 unspecified atom stereocenters. The predicted octanol–water partition coefficient (Wildman–Crippen LogP) is 2.95. The molecule has 0 aliphatic rings. The van der Waals surface area contributed by atoms with Crippen LogP contribution < -0.4 is 10.6 Å². The average molecular weight is 250 g/mol. The number of rotatable bonds is 2. The lowest BCUT2D eigenvalue weighted by molar-refractivity contribution is 1.68. The van der Waals surface area contributed by atoms with Gasteiger partial charge in [0.1, 0.15) is 0 Å². The molecular formula is C12H13P3. The first-order valence-corrected chi connectivity index (χ1v) is 8.11. The van der Waals surface area contributed by atoms with Crippen LogP contribution in [0, 0.1) is 0 Å². The number of hydrogen-bond acceptors (Lipinski definition) is 0. The molecule has 15 heavy (non-hydrogen) atoms. The lowest BCUT2D eigenvalue weighted by Gasteiger charge is -2.06. The second-order valence-electron chi connectivity index (χ2n) is 3.31. The van der Waals surface area contributed by atoms with Crippen LogP contribution >= 0.6 is 26.4 Å². The summed E-state index contributed by atoms with van der Waals surface area (Å²) in [5.41, 5.74) is 2.60. The number of hydrogen-bond donors (Lipinski definition) is 0. The average Bonchev–Trinajstić information content (AvgIpc) is 2.30. The van der Waals surface area contributed by atoms with Crippen LogP contribution in [0.4, 0.5) is 0 Å². The van der Waals surface area contributed by atoms with Gasteiger partial charge in [0, 0.05) is 0 Å². The second-order valence-corrected chi connectivity index (χ2v) is 5.67. The molecule has 0 aliphatic heterocycles. The van der Waals surface area contributed by atoms with Crippen molar-refractivity contribution in [3.05, 3.63) is 48.5 Å². The third kappa shape index (κ3) is 2.64. The standard InChI is InChI=1S/C12H13P3/c13-12-7-2-1-6-11(12)9-4-3-5-10(8-9)15-14/h1-8,15H,13-14H2. The molecule has 0 N–H and O–H groups in total. The van der Waals surface area contributed by atoms with Crippen molar-refractivity contribution in [1.82, 2.24) is 0 Å². The molecule has 0 heterocycles. The van der Waals surface area contributed by atoms with Gasteiger partial charge >= 0.3 is 0 Å². The second kappa shape index (κ2) is 5.18. The van der Waals surface area contributed by atoms with Gasteiger partial charge in [-0.05, 0) is 27.8 Å². The summed E-state index contributed by atoms with van der Waals surface area (Å²) < 4.78 is 0. The summed E-state index contributed by atoms with van der Waals surface area (Å²) in [6.45, 7) is 0. The number of benzene rings is 2. The monoisotopic (exact) mass is 250 g/mol. The lowest BCUT2D eigenvalue weighted by Crippen LogP contribution is -1.98. The Labute approximate surface area is 97.0 Å². The molecule has 3 atom stereocenters. The maximum absolute atomic E-state index is 2.79. The zero-order valence-corrected chi connectivity index (χ0v) is 11.6. The fourth-order valence-corrected chi connectivity index (χ4v) is 2.88. The van der Waals surface area contributed by atoms with Crippen LogP contribution in [0.25, 0.3) is 11.1 Å². The summed E-state index contributed by atoms with van der Waals surface area (Å²) >= 11 is 0. The minimum Gasteiger partial charge on any atom is -0.110 e. The molecule has 0 radical (unpaired) electrons. The first-order chi connectivity index (χ1) is 7.31. The molecule has 2 rings (SSSR count). The Morgan fingerprint density at radius 3 is 2.47 bits per heavy atom. The van der Waals surface area contributed by atoms with E-state index in [0.29, 0.717) is 0 Å². The molecule has 0 fully saturated rings. The maximum atomic E-state index is 2.79. The van der Waals surface area contributed by atoms with Gasteiger partial charge in [0.25, 0.3) is 0 Å². The minimum absolute atomic E-state index is 0.778.